The van der Waals surface area contributed by atoms with Gasteiger partial charge in [0.1, 0.15) is 0 Å². The van der Waals surface area contributed by atoms with Crippen LogP contribution < -0.4 is 5.32 Å². The third kappa shape index (κ3) is 2.35. The number of anilines is 1. The van der Waals surface area contributed by atoms with Gasteiger partial charge in [-0.15, -0.1) is 0 Å². The van der Waals surface area contributed by atoms with Crippen LogP contribution in [0.3, 0.4) is 0 Å². The first-order valence-electron chi connectivity index (χ1n) is 8.74. The van der Waals surface area contributed by atoms with Gasteiger partial charge in [-0.25, -0.2) is 0 Å². The summed E-state index contributed by atoms with van der Waals surface area (Å²) in [6.07, 6.45) is 3.38. The highest BCUT2D eigenvalue weighted by atomic mass is 16.5. The number of rotatable bonds is 3. The van der Waals surface area contributed by atoms with Crippen LogP contribution in [0.25, 0.3) is 11.6 Å². The van der Waals surface area contributed by atoms with Gasteiger partial charge >= 0.3 is 0 Å². The summed E-state index contributed by atoms with van der Waals surface area (Å²) in [5.74, 6) is 1.64. The molecule has 7 nitrogen and oxygen atoms in total. The molecule has 132 valence electrons. The second-order valence-corrected chi connectivity index (χ2v) is 6.89. The van der Waals surface area contributed by atoms with E-state index >= 15 is 0 Å². The van der Waals surface area contributed by atoms with Gasteiger partial charge in [0.05, 0.1) is 18.2 Å². The lowest BCUT2D eigenvalue weighted by Crippen LogP contribution is -2.49. The number of amides is 1. The molecule has 26 heavy (non-hydrogen) atoms. The highest BCUT2D eigenvalue weighted by Crippen LogP contribution is 2.43. The highest BCUT2D eigenvalue weighted by molar-refractivity contribution is 6.06. The van der Waals surface area contributed by atoms with E-state index < -0.39 is 5.41 Å². The van der Waals surface area contributed by atoms with Crippen molar-refractivity contribution in [1.29, 1.82) is 0 Å². The predicted octanol–water partition coefficient (Wildman–Crippen LogP) is 2.82. The SMILES string of the molecule is O=C1Nc2ccccc2[C@]12CCCN(Cc1nc(-c3ccco3)no1)C2. The van der Waals surface area contributed by atoms with Crippen molar-refractivity contribution in [2.45, 2.75) is 24.8 Å². The number of fused-ring (bicyclic) bond motifs is 2. The molecule has 4 heterocycles. The lowest BCUT2D eigenvalue weighted by molar-refractivity contribution is -0.123. The summed E-state index contributed by atoms with van der Waals surface area (Å²) in [7, 11) is 0. The molecule has 7 heteroatoms. The molecule has 0 aliphatic carbocycles. The molecule has 0 bridgehead atoms. The number of aromatic nitrogens is 2. The molecule has 0 unspecified atom stereocenters. The Labute approximate surface area is 150 Å². The molecule has 1 aromatic carbocycles. The maximum absolute atomic E-state index is 12.8. The van der Waals surface area contributed by atoms with E-state index in [-0.39, 0.29) is 5.91 Å². The van der Waals surface area contributed by atoms with Gasteiger partial charge in [-0.2, -0.15) is 4.98 Å². The number of carbonyl (C=O) groups excluding carboxylic acids is 1. The van der Waals surface area contributed by atoms with Gasteiger partial charge in [0, 0.05) is 12.2 Å². The summed E-state index contributed by atoms with van der Waals surface area (Å²) in [5, 5.41) is 7.01. The van der Waals surface area contributed by atoms with E-state index in [4.69, 9.17) is 8.94 Å². The lowest BCUT2D eigenvalue weighted by Gasteiger charge is -2.38. The second kappa shape index (κ2) is 5.81. The second-order valence-electron chi connectivity index (χ2n) is 6.89. The van der Waals surface area contributed by atoms with E-state index in [0.717, 1.165) is 30.6 Å². The molecule has 1 fully saturated rings. The smallest absolute Gasteiger partial charge is 0.241 e. The minimum absolute atomic E-state index is 0.0882. The Hall–Kier alpha value is -2.93. The third-order valence-corrected chi connectivity index (χ3v) is 5.27. The Balaban J connectivity index is 1.38. The van der Waals surface area contributed by atoms with Crippen LogP contribution in [0.4, 0.5) is 5.69 Å². The fourth-order valence-electron chi connectivity index (χ4n) is 4.07. The van der Waals surface area contributed by atoms with Gasteiger partial charge in [0.15, 0.2) is 5.76 Å². The standard InChI is InChI=1S/C19H18N4O3/c24-18-19(13-5-1-2-6-14(13)20-18)8-4-9-23(12-19)11-16-21-17(22-26-16)15-7-3-10-25-15/h1-3,5-7,10H,4,8-9,11-12H2,(H,20,24)/t19-/m1/s1. The average Bonchev–Trinajstić information content (AvgIpc) is 3.37. The van der Waals surface area contributed by atoms with E-state index in [1.807, 2.05) is 18.2 Å². The number of para-hydroxylation sites is 1. The van der Waals surface area contributed by atoms with Crippen LogP contribution in [0.15, 0.2) is 51.6 Å². The number of carbonyl (C=O) groups is 1. The van der Waals surface area contributed by atoms with Gasteiger partial charge in [-0.1, -0.05) is 23.4 Å². The van der Waals surface area contributed by atoms with Crippen molar-refractivity contribution in [2.75, 3.05) is 18.4 Å². The molecule has 2 aliphatic rings. The number of nitrogens with zero attached hydrogens (tertiary/aromatic N) is 3. The Morgan fingerprint density at radius 3 is 3.04 bits per heavy atom. The van der Waals surface area contributed by atoms with Gasteiger partial charge < -0.3 is 14.3 Å². The predicted molar refractivity (Wildman–Crippen MR) is 93.3 cm³/mol. The topological polar surface area (TPSA) is 84.4 Å². The number of nitrogens with one attached hydrogen (secondary N) is 1. The average molecular weight is 350 g/mol. The monoisotopic (exact) mass is 350 g/mol. The zero-order chi connectivity index (χ0) is 17.6. The van der Waals surface area contributed by atoms with Gasteiger partial charge in [0.2, 0.25) is 17.6 Å². The lowest BCUT2D eigenvalue weighted by atomic mass is 9.75. The molecular formula is C19H18N4O3. The van der Waals surface area contributed by atoms with Crippen molar-refractivity contribution < 1.29 is 13.7 Å². The Morgan fingerprint density at radius 1 is 1.23 bits per heavy atom. The van der Waals surface area contributed by atoms with Crippen molar-refractivity contribution in [3.63, 3.8) is 0 Å². The van der Waals surface area contributed by atoms with Gasteiger partial charge in [-0.05, 0) is 43.1 Å². The zero-order valence-corrected chi connectivity index (χ0v) is 14.1. The number of hydrogen-bond acceptors (Lipinski definition) is 6. The molecular weight excluding hydrogens is 332 g/mol. The maximum atomic E-state index is 12.8. The first-order chi connectivity index (χ1) is 12.7. The molecule has 5 rings (SSSR count). The van der Waals surface area contributed by atoms with E-state index in [9.17, 15) is 4.79 Å². The van der Waals surface area contributed by atoms with Crippen LogP contribution >= 0.6 is 0 Å². The minimum Gasteiger partial charge on any atom is -0.461 e. The molecule has 0 saturated carbocycles. The van der Waals surface area contributed by atoms with Crippen LogP contribution in [0.5, 0.6) is 0 Å². The van der Waals surface area contributed by atoms with Crippen molar-refractivity contribution in [3.8, 4) is 11.6 Å². The Morgan fingerprint density at radius 2 is 2.15 bits per heavy atom. The maximum Gasteiger partial charge on any atom is 0.241 e. The summed E-state index contributed by atoms with van der Waals surface area (Å²) < 4.78 is 10.7. The molecule has 1 amide bonds. The van der Waals surface area contributed by atoms with E-state index in [1.165, 1.54) is 0 Å². The third-order valence-electron chi connectivity index (χ3n) is 5.27. The van der Waals surface area contributed by atoms with Crippen LogP contribution in [-0.4, -0.2) is 34.0 Å². The normalized spacial score (nSPS) is 22.5. The number of piperidine rings is 1. The molecule has 2 aliphatic heterocycles. The first-order valence-corrected chi connectivity index (χ1v) is 8.74. The van der Waals surface area contributed by atoms with Gasteiger partial charge in [0.25, 0.3) is 0 Å². The van der Waals surface area contributed by atoms with Crippen molar-refractivity contribution >= 4 is 11.6 Å². The number of likely N-dealkylation sites (tertiary alicyclic amines) is 1. The number of benzene rings is 1. The molecule has 3 aromatic rings. The summed E-state index contributed by atoms with van der Waals surface area (Å²) in [6, 6.07) is 11.5. The number of furan rings is 1. The van der Waals surface area contributed by atoms with Crippen molar-refractivity contribution in [3.05, 3.63) is 54.1 Å². The number of hydrogen-bond donors (Lipinski definition) is 1. The van der Waals surface area contributed by atoms with E-state index in [0.29, 0.717) is 30.6 Å². The minimum atomic E-state index is -0.487. The molecule has 1 N–H and O–H groups in total. The quantitative estimate of drug-likeness (QED) is 0.782. The van der Waals surface area contributed by atoms with Crippen LogP contribution in [0.2, 0.25) is 0 Å². The fraction of sp³-hybridized carbons (Fsp3) is 0.316. The molecule has 2 aromatic heterocycles. The molecule has 0 radical (unpaired) electrons. The summed E-state index contributed by atoms with van der Waals surface area (Å²) in [4.78, 5) is 19.4. The Kier molecular flexibility index (Phi) is 3.43. The summed E-state index contributed by atoms with van der Waals surface area (Å²) in [6.45, 7) is 2.06. The van der Waals surface area contributed by atoms with Crippen LogP contribution in [0, 0.1) is 0 Å². The van der Waals surface area contributed by atoms with E-state index in [2.05, 4.69) is 26.4 Å². The van der Waals surface area contributed by atoms with Crippen LogP contribution in [-0.2, 0) is 16.8 Å². The Bertz CT molecular complexity index is 949. The first kappa shape index (κ1) is 15.3. The van der Waals surface area contributed by atoms with Crippen molar-refractivity contribution in [1.82, 2.24) is 15.0 Å². The van der Waals surface area contributed by atoms with Crippen molar-refractivity contribution in [2.24, 2.45) is 0 Å². The molecule has 1 saturated heterocycles. The summed E-state index contributed by atoms with van der Waals surface area (Å²) >= 11 is 0. The van der Waals surface area contributed by atoms with Gasteiger partial charge in [-0.3, -0.25) is 9.69 Å². The van der Waals surface area contributed by atoms with Crippen LogP contribution in [0.1, 0.15) is 24.3 Å². The fourth-order valence-corrected chi connectivity index (χ4v) is 4.07. The highest BCUT2D eigenvalue weighted by Gasteiger charge is 2.49. The molecule has 1 atom stereocenters. The molecule has 1 spiro atoms. The largest absolute Gasteiger partial charge is 0.461 e. The van der Waals surface area contributed by atoms with E-state index in [1.54, 1.807) is 18.4 Å². The zero-order valence-electron chi connectivity index (χ0n) is 14.1. The summed E-state index contributed by atoms with van der Waals surface area (Å²) in [5.41, 5.74) is 1.53.